The first-order valence-corrected chi connectivity index (χ1v) is 24.3. The van der Waals surface area contributed by atoms with Crippen LogP contribution in [0.1, 0.15) is 77.1 Å². The molecule has 17 nitrogen and oxygen atoms in total. The minimum atomic E-state index is -3.81. The van der Waals surface area contributed by atoms with Gasteiger partial charge in [0.2, 0.25) is 21.8 Å². The maximum absolute atomic E-state index is 14.0. The number of aromatic carboxylic acids is 1. The van der Waals surface area contributed by atoms with Crippen LogP contribution in [0.25, 0.3) is 21.2 Å². The normalized spacial score (nSPS) is 18.1. The van der Waals surface area contributed by atoms with E-state index in [9.17, 15) is 42.3 Å². The number of carboxylic acids is 2. The number of aryl methyl sites for hydroxylation is 1. The zero-order valence-corrected chi connectivity index (χ0v) is 38.8. The van der Waals surface area contributed by atoms with Gasteiger partial charge in [-0.05, 0) is 104 Å². The number of anilines is 3. The Morgan fingerprint density at radius 2 is 1.73 bits per heavy atom. The second-order valence-corrected chi connectivity index (χ2v) is 20.5. The molecule has 8 rings (SSSR count). The first kappa shape index (κ1) is 47.0. The predicted molar refractivity (Wildman–Crippen MR) is 254 cm³/mol. The van der Waals surface area contributed by atoms with Crippen molar-refractivity contribution in [1.82, 2.24) is 14.9 Å². The van der Waals surface area contributed by atoms with Crippen molar-refractivity contribution in [3.05, 3.63) is 105 Å². The van der Waals surface area contributed by atoms with Crippen molar-refractivity contribution in [3.63, 3.8) is 0 Å². The topological polar surface area (TPSA) is 241 Å². The van der Waals surface area contributed by atoms with E-state index < -0.39 is 52.1 Å². The molecule has 2 saturated heterocycles. The number of imide groups is 1. The zero-order chi connectivity index (χ0) is 47.8. The van der Waals surface area contributed by atoms with Gasteiger partial charge in [0.05, 0.1) is 16.3 Å². The van der Waals surface area contributed by atoms with Gasteiger partial charge in [-0.15, -0.1) is 11.3 Å². The van der Waals surface area contributed by atoms with Crippen LogP contribution in [-0.4, -0.2) is 95.9 Å². The van der Waals surface area contributed by atoms with Crippen LogP contribution < -0.4 is 30.9 Å². The van der Waals surface area contributed by atoms with Crippen molar-refractivity contribution in [1.29, 1.82) is 0 Å². The van der Waals surface area contributed by atoms with Gasteiger partial charge in [-0.25, -0.2) is 22.8 Å². The molecule has 5 aromatic rings. The molecule has 4 heterocycles. The molecule has 1 aromatic heterocycles. The van der Waals surface area contributed by atoms with Gasteiger partial charge in [0.15, 0.2) is 17.2 Å². The second-order valence-electron chi connectivity index (χ2n) is 17.2. The van der Waals surface area contributed by atoms with E-state index in [2.05, 4.69) is 21.3 Å². The fraction of sp³-hybridized carbons (Fsp3) is 0.319. The number of halogens is 1. The van der Waals surface area contributed by atoms with Crippen LogP contribution in [0.2, 0.25) is 5.02 Å². The number of benzene rings is 4. The lowest BCUT2D eigenvalue weighted by molar-refractivity contribution is -0.139. The number of nitrogens with zero attached hydrogens (tertiary/aromatic N) is 2. The monoisotopic (exact) mass is 970 g/mol. The summed E-state index contributed by atoms with van der Waals surface area (Å²) in [6.45, 7) is 3.57. The van der Waals surface area contributed by atoms with E-state index in [0.717, 1.165) is 27.7 Å². The SMILES string of the molecule is CC1(C)C[C@@H](Nc2cccc(-c3sc(C(=O)O)c(OCC(=O)O)c3Cl)c2)CCN1S(=O)(=O)Cc1cccc(NC(=O)NCCCc2ccc3c4c(cccc24)C(=O)N3C2CCC(=O)NC2=O)c1. The summed E-state index contributed by atoms with van der Waals surface area (Å²) in [5.41, 5.74) is 3.57. The number of amides is 5. The summed E-state index contributed by atoms with van der Waals surface area (Å²) in [4.78, 5) is 75.6. The summed E-state index contributed by atoms with van der Waals surface area (Å²) < 4.78 is 34.7. The Balaban J connectivity index is 0.839. The molecule has 3 aliphatic rings. The quantitative estimate of drug-likeness (QED) is 0.0429. The van der Waals surface area contributed by atoms with Gasteiger partial charge in [-0.3, -0.25) is 24.6 Å². The summed E-state index contributed by atoms with van der Waals surface area (Å²) in [7, 11) is -3.81. The molecule has 6 N–H and O–H groups in total. The van der Waals surface area contributed by atoms with Crippen LogP contribution in [0.4, 0.5) is 21.9 Å². The first-order valence-electron chi connectivity index (χ1n) is 21.5. The molecule has 0 bridgehead atoms. The van der Waals surface area contributed by atoms with E-state index in [1.807, 2.05) is 38.1 Å². The largest absolute Gasteiger partial charge is 0.479 e. The highest BCUT2D eigenvalue weighted by Gasteiger charge is 2.43. The highest BCUT2D eigenvalue weighted by molar-refractivity contribution is 7.88. The maximum atomic E-state index is 14.0. The number of piperidine rings is 2. The number of aliphatic carboxylic acids is 1. The van der Waals surface area contributed by atoms with Crippen LogP contribution >= 0.6 is 22.9 Å². The molecule has 0 aliphatic carbocycles. The van der Waals surface area contributed by atoms with E-state index in [4.69, 9.17) is 21.4 Å². The summed E-state index contributed by atoms with van der Waals surface area (Å²) in [6.07, 6.45) is 2.54. The molecule has 3 aliphatic heterocycles. The lowest BCUT2D eigenvalue weighted by Gasteiger charge is -2.45. The Labute approximate surface area is 394 Å². The maximum Gasteiger partial charge on any atom is 0.349 e. The van der Waals surface area contributed by atoms with Crippen LogP contribution in [0, 0.1) is 0 Å². The van der Waals surface area contributed by atoms with Crippen LogP contribution in [0.5, 0.6) is 5.75 Å². The number of rotatable bonds is 16. The number of carbonyl (C=O) groups excluding carboxylic acids is 4. The molecule has 0 saturated carbocycles. The number of carbonyl (C=O) groups is 6. The predicted octanol–water partition coefficient (Wildman–Crippen LogP) is 7.09. The Kier molecular flexibility index (Phi) is 13.3. The molecular formula is C47H47ClN6O11S2. The third kappa shape index (κ3) is 9.95. The summed E-state index contributed by atoms with van der Waals surface area (Å²) in [6, 6.07) is 21.8. The molecule has 2 atom stereocenters. The molecule has 20 heteroatoms. The van der Waals surface area contributed by atoms with Crippen molar-refractivity contribution in [3.8, 4) is 16.2 Å². The number of ether oxygens (including phenoxy) is 1. The highest BCUT2D eigenvalue weighted by Crippen LogP contribution is 2.46. The molecule has 5 amide bonds. The number of nitrogens with one attached hydrogen (secondary N) is 4. The smallest absolute Gasteiger partial charge is 0.349 e. The molecule has 350 valence electrons. The lowest BCUT2D eigenvalue weighted by atomic mass is 9.89. The third-order valence-corrected chi connectivity index (χ3v) is 15.8. The number of hydrogen-bond acceptors (Lipinski definition) is 11. The Hall–Kier alpha value is -6.54. The Bertz CT molecular complexity index is 2960. The molecule has 67 heavy (non-hydrogen) atoms. The minimum Gasteiger partial charge on any atom is -0.479 e. The summed E-state index contributed by atoms with van der Waals surface area (Å²) >= 11 is 7.39. The number of thiophene rings is 1. The second kappa shape index (κ2) is 19.0. The lowest BCUT2D eigenvalue weighted by Crippen LogP contribution is -2.55. The molecule has 0 spiro atoms. The van der Waals surface area contributed by atoms with Crippen LogP contribution in [-0.2, 0) is 36.6 Å². The van der Waals surface area contributed by atoms with Gasteiger partial charge in [-0.2, -0.15) is 4.31 Å². The molecule has 2 fully saturated rings. The van der Waals surface area contributed by atoms with Gasteiger partial charge in [0.1, 0.15) is 11.1 Å². The Morgan fingerprint density at radius 1 is 0.970 bits per heavy atom. The molecule has 4 aromatic carbocycles. The van der Waals surface area contributed by atoms with Gasteiger partial charge in [-0.1, -0.05) is 54.1 Å². The van der Waals surface area contributed by atoms with Crippen molar-refractivity contribution >= 4 is 96.5 Å². The van der Waals surface area contributed by atoms with E-state index >= 15 is 0 Å². The molecule has 1 unspecified atom stereocenters. The van der Waals surface area contributed by atoms with Gasteiger partial charge in [0, 0.05) is 53.4 Å². The van der Waals surface area contributed by atoms with Crippen molar-refractivity contribution in [2.45, 2.75) is 75.7 Å². The van der Waals surface area contributed by atoms with Gasteiger partial charge in [0.25, 0.3) is 5.91 Å². The zero-order valence-electron chi connectivity index (χ0n) is 36.4. The number of urea groups is 1. The van der Waals surface area contributed by atoms with E-state index in [1.54, 1.807) is 54.6 Å². The third-order valence-electron chi connectivity index (χ3n) is 12.1. The van der Waals surface area contributed by atoms with Crippen LogP contribution in [0.15, 0.2) is 78.9 Å². The number of hydrogen-bond donors (Lipinski definition) is 6. The van der Waals surface area contributed by atoms with E-state index in [0.29, 0.717) is 70.9 Å². The average Bonchev–Trinajstić information content (AvgIpc) is 3.75. The summed E-state index contributed by atoms with van der Waals surface area (Å²) in [5.74, 6) is -4.19. The van der Waals surface area contributed by atoms with Crippen molar-refractivity contribution < 1.29 is 52.1 Å². The van der Waals surface area contributed by atoms with Crippen molar-refractivity contribution in [2.24, 2.45) is 0 Å². The molecular weight excluding hydrogens is 924 g/mol. The minimum absolute atomic E-state index is 0.00620. The van der Waals surface area contributed by atoms with Gasteiger partial charge < -0.3 is 30.9 Å². The number of carboxylic acid groups (broad SMARTS) is 2. The summed E-state index contributed by atoms with van der Waals surface area (Å²) in [5, 5.41) is 31.9. The van der Waals surface area contributed by atoms with E-state index in [-0.39, 0.29) is 58.6 Å². The Morgan fingerprint density at radius 3 is 2.48 bits per heavy atom. The molecule has 0 radical (unpaired) electrons. The number of sulfonamides is 1. The van der Waals surface area contributed by atoms with Crippen molar-refractivity contribution in [2.75, 3.05) is 35.2 Å². The fourth-order valence-corrected chi connectivity index (χ4v) is 12.6. The fourth-order valence-electron chi connectivity index (χ4n) is 9.20. The van der Waals surface area contributed by atoms with E-state index in [1.165, 1.54) is 9.21 Å². The first-order chi connectivity index (χ1) is 31.9. The van der Waals surface area contributed by atoms with Crippen LogP contribution in [0.3, 0.4) is 0 Å². The van der Waals surface area contributed by atoms with Gasteiger partial charge >= 0.3 is 18.0 Å². The highest BCUT2D eigenvalue weighted by atomic mass is 35.5. The standard InChI is InChI=1S/C47H47ClN6O11S2/c1-47(2)23-31(50-30-11-4-8-28(22-30)41-39(48)40(65-24-37(56)57)42(66-41)45(60)61)18-20-53(47)67(63,64)25-26-7-3-10-29(21-26)51-46(62)49-19-6-9-27-14-15-34-38-32(27)12-5-13-33(38)44(59)54(34)35-16-17-36(55)52-43(35)58/h3-5,7-8,10-15,21-22,31,35,50H,6,9,16-20,23-25H2,1-2H3,(H,56,57)(H,60,61)(H2,49,51,62)(H,52,55,58)/t31-,35?/m0/s1. The average molecular weight is 972 g/mol.